The van der Waals surface area contributed by atoms with Crippen molar-refractivity contribution < 1.29 is 4.79 Å². The van der Waals surface area contributed by atoms with E-state index in [2.05, 4.69) is 72.6 Å². The van der Waals surface area contributed by atoms with Gasteiger partial charge in [0.1, 0.15) is 0 Å². The Balaban J connectivity index is 1.49. The Morgan fingerprint density at radius 1 is 0.806 bits per heavy atom. The molecule has 0 saturated carbocycles. The molecule has 4 heteroatoms. The molecule has 1 aliphatic heterocycles. The summed E-state index contributed by atoms with van der Waals surface area (Å²) in [6.45, 7) is 9.45. The molecule has 0 unspecified atom stereocenters. The third-order valence-corrected chi connectivity index (χ3v) is 6.11. The normalized spacial score (nSPS) is 15.5. The number of urea groups is 1. The Morgan fingerprint density at radius 2 is 1.52 bits per heavy atom. The Morgan fingerprint density at radius 3 is 2.19 bits per heavy atom. The van der Waals surface area contributed by atoms with Gasteiger partial charge in [0.15, 0.2) is 0 Å². The van der Waals surface area contributed by atoms with Gasteiger partial charge in [-0.25, -0.2) is 4.79 Å². The van der Waals surface area contributed by atoms with Crippen molar-refractivity contribution in [3.63, 3.8) is 0 Å². The molecular weight excluding hydrogens is 382 g/mol. The number of nitrogens with one attached hydrogen (secondary N) is 1. The van der Waals surface area contributed by atoms with Crippen LogP contribution in [-0.2, 0) is 0 Å². The molecular formula is C27H31N3O. The van der Waals surface area contributed by atoms with Crippen molar-refractivity contribution in [3.05, 3.63) is 101 Å². The van der Waals surface area contributed by atoms with Crippen molar-refractivity contribution in [2.45, 2.75) is 26.8 Å². The molecule has 31 heavy (non-hydrogen) atoms. The van der Waals surface area contributed by atoms with Crippen LogP contribution in [0.1, 0.15) is 33.9 Å². The maximum absolute atomic E-state index is 12.8. The fourth-order valence-corrected chi connectivity index (χ4v) is 4.34. The van der Waals surface area contributed by atoms with E-state index in [9.17, 15) is 4.79 Å². The predicted molar refractivity (Wildman–Crippen MR) is 128 cm³/mol. The number of carbonyl (C=O) groups is 1. The zero-order valence-corrected chi connectivity index (χ0v) is 18.6. The maximum Gasteiger partial charge on any atom is 0.321 e. The third kappa shape index (κ3) is 4.97. The van der Waals surface area contributed by atoms with Gasteiger partial charge in [0.2, 0.25) is 0 Å². The molecule has 0 radical (unpaired) electrons. The zero-order chi connectivity index (χ0) is 21.8. The van der Waals surface area contributed by atoms with Crippen molar-refractivity contribution in [1.29, 1.82) is 0 Å². The minimum absolute atomic E-state index is 0.0203. The Labute approximate surface area is 185 Å². The molecule has 4 rings (SSSR count). The third-order valence-electron chi connectivity index (χ3n) is 6.11. The van der Waals surface area contributed by atoms with Gasteiger partial charge < -0.3 is 10.2 Å². The van der Waals surface area contributed by atoms with Gasteiger partial charge in [0.05, 0.1) is 6.04 Å². The minimum atomic E-state index is -0.0203. The lowest BCUT2D eigenvalue weighted by Gasteiger charge is -2.40. The van der Waals surface area contributed by atoms with Crippen molar-refractivity contribution in [1.82, 2.24) is 9.80 Å². The number of nitrogens with zero attached hydrogens (tertiary/aromatic N) is 2. The second-order valence-corrected chi connectivity index (χ2v) is 8.49. The molecule has 4 nitrogen and oxygen atoms in total. The highest BCUT2D eigenvalue weighted by molar-refractivity contribution is 5.89. The van der Waals surface area contributed by atoms with Crippen LogP contribution in [0.4, 0.5) is 10.5 Å². The number of carbonyl (C=O) groups excluding carboxylic acids is 1. The van der Waals surface area contributed by atoms with Crippen molar-refractivity contribution in [2.24, 2.45) is 0 Å². The summed E-state index contributed by atoms with van der Waals surface area (Å²) in [7, 11) is 0. The smallest absolute Gasteiger partial charge is 0.321 e. The highest BCUT2D eigenvalue weighted by atomic mass is 16.2. The summed E-state index contributed by atoms with van der Waals surface area (Å²) < 4.78 is 0. The first-order valence-electron chi connectivity index (χ1n) is 11.0. The van der Waals surface area contributed by atoms with Gasteiger partial charge in [-0.05, 0) is 55.2 Å². The first-order valence-corrected chi connectivity index (χ1v) is 11.0. The van der Waals surface area contributed by atoms with Gasteiger partial charge in [0, 0.05) is 31.9 Å². The van der Waals surface area contributed by atoms with Gasteiger partial charge >= 0.3 is 6.03 Å². The molecule has 3 aromatic carbocycles. The molecule has 1 N–H and O–H groups in total. The van der Waals surface area contributed by atoms with E-state index >= 15 is 0 Å². The number of anilines is 1. The first-order chi connectivity index (χ1) is 15.0. The molecule has 1 aliphatic rings. The minimum Gasteiger partial charge on any atom is -0.322 e. The quantitative estimate of drug-likeness (QED) is 0.609. The van der Waals surface area contributed by atoms with Crippen LogP contribution >= 0.6 is 0 Å². The van der Waals surface area contributed by atoms with E-state index in [1.807, 2.05) is 36.1 Å². The van der Waals surface area contributed by atoms with Crippen molar-refractivity contribution in [2.75, 3.05) is 31.5 Å². The molecule has 0 spiro atoms. The molecule has 2 amide bonds. The number of aryl methyl sites for hydroxylation is 3. The standard InChI is InChI=1S/C27H31N3O/c1-20-11-13-23(14-12-20)26(25-10-5-4-8-22(25)3)29-15-17-30(18-16-29)27(31)28-24-9-6-7-21(2)19-24/h4-14,19,26H,15-18H2,1-3H3,(H,28,31)/t26-/m1/s1. The van der Waals surface area contributed by atoms with Crippen LogP contribution in [0.5, 0.6) is 0 Å². The number of hydrogen-bond acceptors (Lipinski definition) is 2. The summed E-state index contributed by atoms with van der Waals surface area (Å²) in [6, 6.07) is 25.6. The number of rotatable bonds is 4. The summed E-state index contributed by atoms with van der Waals surface area (Å²) in [4.78, 5) is 17.2. The van der Waals surface area contributed by atoms with Crippen LogP contribution in [0.25, 0.3) is 0 Å². The monoisotopic (exact) mass is 413 g/mol. The number of benzene rings is 3. The summed E-state index contributed by atoms with van der Waals surface area (Å²) >= 11 is 0. The van der Waals surface area contributed by atoms with Crippen LogP contribution in [0.2, 0.25) is 0 Å². The van der Waals surface area contributed by atoms with Crippen LogP contribution in [0.3, 0.4) is 0 Å². The second kappa shape index (κ2) is 9.36. The zero-order valence-electron chi connectivity index (χ0n) is 18.6. The van der Waals surface area contributed by atoms with E-state index in [-0.39, 0.29) is 12.1 Å². The highest BCUT2D eigenvalue weighted by Crippen LogP contribution is 2.32. The SMILES string of the molecule is Cc1ccc([C@H](c2ccccc2C)N2CCN(C(=O)Nc3cccc(C)c3)CC2)cc1. The van der Waals surface area contributed by atoms with Gasteiger partial charge in [-0.3, -0.25) is 4.90 Å². The molecule has 160 valence electrons. The Kier molecular flexibility index (Phi) is 6.38. The highest BCUT2D eigenvalue weighted by Gasteiger charge is 2.29. The van der Waals surface area contributed by atoms with Gasteiger partial charge in [-0.15, -0.1) is 0 Å². The Hall–Kier alpha value is -3.11. The summed E-state index contributed by atoms with van der Waals surface area (Å²) in [5.74, 6) is 0. The fourth-order valence-electron chi connectivity index (χ4n) is 4.34. The summed E-state index contributed by atoms with van der Waals surface area (Å²) in [6.07, 6.45) is 0. The second-order valence-electron chi connectivity index (χ2n) is 8.49. The molecule has 3 aromatic rings. The maximum atomic E-state index is 12.8. The molecule has 1 atom stereocenters. The lowest BCUT2D eigenvalue weighted by Crippen LogP contribution is -2.51. The van der Waals surface area contributed by atoms with Crippen molar-refractivity contribution in [3.8, 4) is 0 Å². The number of amides is 2. The van der Waals surface area contributed by atoms with Crippen LogP contribution in [-0.4, -0.2) is 42.0 Å². The lowest BCUT2D eigenvalue weighted by molar-refractivity contribution is 0.126. The summed E-state index contributed by atoms with van der Waals surface area (Å²) in [5, 5.41) is 3.04. The van der Waals surface area contributed by atoms with E-state index in [1.54, 1.807) is 0 Å². The molecule has 0 aliphatic carbocycles. The molecule has 1 saturated heterocycles. The Bertz CT molecular complexity index is 1040. The van der Waals surface area contributed by atoms with Gasteiger partial charge in [-0.2, -0.15) is 0 Å². The predicted octanol–water partition coefficient (Wildman–Crippen LogP) is 5.55. The molecule has 0 bridgehead atoms. The first kappa shape index (κ1) is 21.1. The van der Waals surface area contributed by atoms with E-state index < -0.39 is 0 Å². The number of hydrogen-bond donors (Lipinski definition) is 1. The van der Waals surface area contributed by atoms with Crippen LogP contribution < -0.4 is 5.32 Å². The van der Waals surface area contributed by atoms with E-state index in [1.165, 1.54) is 22.3 Å². The molecule has 0 aromatic heterocycles. The largest absolute Gasteiger partial charge is 0.322 e. The number of piperazine rings is 1. The van der Waals surface area contributed by atoms with Crippen LogP contribution in [0.15, 0.2) is 72.8 Å². The van der Waals surface area contributed by atoms with E-state index in [4.69, 9.17) is 0 Å². The van der Waals surface area contributed by atoms with Gasteiger partial charge in [0.25, 0.3) is 0 Å². The topological polar surface area (TPSA) is 35.6 Å². The summed E-state index contributed by atoms with van der Waals surface area (Å²) in [5.41, 5.74) is 7.20. The van der Waals surface area contributed by atoms with Crippen molar-refractivity contribution >= 4 is 11.7 Å². The fraction of sp³-hybridized carbons (Fsp3) is 0.296. The van der Waals surface area contributed by atoms with Crippen LogP contribution in [0, 0.1) is 20.8 Å². The van der Waals surface area contributed by atoms with E-state index in [0.717, 1.165) is 24.3 Å². The molecule has 1 fully saturated rings. The molecule has 1 heterocycles. The average Bonchev–Trinajstić information content (AvgIpc) is 2.77. The lowest BCUT2D eigenvalue weighted by atomic mass is 9.92. The van der Waals surface area contributed by atoms with Gasteiger partial charge in [-0.1, -0.05) is 66.2 Å². The average molecular weight is 414 g/mol. The van der Waals surface area contributed by atoms with E-state index in [0.29, 0.717) is 13.1 Å².